The minimum atomic E-state index is -0.732. The number of aliphatic hydroxyl groups excluding tert-OH is 1. The van der Waals surface area contributed by atoms with Crippen molar-refractivity contribution in [2.24, 2.45) is 10.1 Å². The molecule has 1 unspecified atom stereocenters. The quantitative estimate of drug-likeness (QED) is 0.448. The molecule has 7 nitrogen and oxygen atoms in total. The summed E-state index contributed by atoms with van der Waals surface area (Å²) < 4.78 is 9.60. The van der Waals surface area contributed by atoms with Gasteiger partial charge in [0, 0.05) is 57.5 Å². The van der Waals surface area contributed by atoms with E-state index in [9.17, 15) is 9.90 Å². The van der Waals surface area contributed by atoms with Gasteiger partial charge in [0.05, 0.1) is 25.3 Å². The molecule has 1 amide bonds. The molecule has 1 atom stereocenters. The van der Waals surface area contributed by atoms with Crippen molar-refractivity contribution in [2.45, 2.75) is 10.8 Å². The van der Waals surface area contributed by atoms with Crippen LogP contribution in [0.15, 0.2) is 73.8 Å². The SMILES string of the molecule is NC1=C(/C=N/Sc2cnc3occc3c2)CN(C(=O)C(CO)c2ccccc2Cl)C1. The second-order valence-corrected chi connectivity index (χ2v) is 8.09. The average Bonchev–Trinajstić information content (AvgIpc) is 3.36. The molecule has 4 rings (SSSR count). The summed E-state index contributed by atoms with van der Waals surface area (Å²) >= 11 is 7.47. The van der Waals surface area contributed by atoms with E-state index >= 15 is 0 Å². The number of halogens is 1. The van der Waals surface area contributed by atoms with Gasteiger partial charge in [-0.3, -0.25) is 4.79 Å². The number of hydrogen-bond acceptors (Lipinski definition) is 7. The maximum absolute atomic E-state index is 13.0. The maximum Gasteiger partial charge on any atom is 0.233 e. The van der Waals surface area contributed by atoms with Gasteiger partial charge >= 0.3 is 0 Å². The molecule has 0 radical (unpaired) electrons. The first kappa shape index (κ1) is 20.5. The normalized spacial score (nSPS) is 15.5. The Morgan fingerprint density at radius 3 is 3.03 bits per heavy atom. The summed E-state index contributed by atoms with van der Waals surface area (Å²) in [6.45, 7) is 0.283. The van der Waals surface area contributed by atoms with E-state index in [1.54, 1.807) is 47.8 Å². The Morgan fingerprint density at radius 1 is 1.40 bits per heavy atom. The molecule has 0 bridgehead atoms. The first-order chi connectivity index (χ1) is 14.6. The fourth-order valence-electron chi connectivity index (χ4n) is 3.28. The van der Waals surface area contributed by atoms with E-state index in [0.717, 1.165) is 15.9 Å². The van der Waals surface area contributed by atoms with Gasteiger partial charge in [0.15, 0.2) is 0 Å². The lowest BCUT2D eigenvalue weighted by Gasteiger charge is -2.23. The molecule has 0 saturated carbocycles. The second-order valence-electron chi connectivity index (χ2n) is 6.81. The predicted octanol–water partition coefficient (Wildman–Crippen LogP) is 3.39. The molecule has 1 aliphatic heterocycles. The third-order valence-corrected chi connectivity index (χ3v) is 5.84. The van der Waals surface area contributed by atoms with Crippen molar-refractivity contribution in [3.8, 4) is 0 Å². The number of carbonyl (C=O) groups excluding carboxylic acids is 1. The first-order valence-corrected chi connectivity index (χ1v) is 10.4. The van der Waals surface area contributed by atoms with Crippen LogP contribution < -0.4 is 5.73 Å². The number of pyridine rings is 1. The molecule has 9 heteroatoms. The van der Waals surface area contributed by atoms with E-state index in [2.05, 4.69) is 9.38 Å². The van der Waals surface area contributed by atoms with Gasteiger partial charge in [-0.1, -0.05) is 29.8 Å². The second kappa shape index (κ2) is 8.91. The van der Waals surface area contributed by atoms with Crippen molar-refractivity contribution < 1.29 is 14.3 Å². The zero-order valence-corrected chi connectivity index (χ0v) is 17.4. The Balaban J connectivity index is 1.41. The zero-order chi connectivity index (χ0) is 21.1. The van der Waals surface area contributed by atoms with Crippen molar-refractivity contribution in [3.05, 3.63) is 70.7 Å². The summed E-state index contributed by atoms with van der Waals surface area (Å²) in [6, 6.07) is 10.8. The molecule has 30 heavy (non-hydrogen) atoms. The number of nitrogens with zero attached hydrogens (tertiary/aromatic N) is 3. The molecule has 1 aliphatic rings. The van der Waals surface area contributed by atoms with Crippen LogP contribution in [0.2, 0.25) is 5.02 Å². The highest BCUT2D eigenvalue weighted by atomic mass is 35.5. The molecular weight excluding hydrogens is 424 g/mol. The molecule has 0 aliphatic carbocycles. The molecule has 3 aromatic rings. The van der Waals surface area contributed by atoms with Crippen LogP contribution in [-0.2, 0) is 4.79 Å². The molecular formula is C21H19ClN4O3S. The van der Waals surface area contributed by atoms with E-state index in [-0.39, 0.29) is 19.1 Å². The number of fused-ring (bicyclic) bond motifs is 1. The molecule has 3 heterocycles. The third kappa shape index (κ3) is 4.21. The Kier molecular flexibility index (Phi) is 6.08. The number of hydrogen-bond donors (Lipinski definition) is 2. The number of aliphatic hydroxyl groups is 1. The zero-order valence-electron chi connectivity index (χ0n) is 15.9. The summed E-state index contributed by atoms with van der Waals surface area (Å²) in [7, 11) is 0. The monoisotopic (exact) mass is 442 g/mol. The minimum absolute atomic E-state index is 0.223. The highest BCUT2D eigenvalue weighted by Crippen LogP contribution is 2.28. The average molecular weight is 443 g/mol. The fraction of sp³-hybridized carbons (Fsp3) is 0.190. The lowest BCUT2D eigenvalue weighted by Crippen LogP contribution is -2.36. The topological polar surface area (TPSA) is 105 Å². The van der Waals surface area contributed by atoms with Gasteiger partial charge in [0.25, 0.3) is 0 Å². The van der Waals surface area contributed by atoms with Crippen LogP contribution in [-0.4, -0.2) is 46.8 Å². The van der Waals surface area contributed by atoms with E-state index in [1.165, 1.54) is 11.9 Å². The Morgan fingerprint density at radius 2 is 2.23 bits per heavy atom. The van der Waals surface area contributed by atoms with Crippen LogP contribution in [0.5, 0.6) is 0 Å². The lowest BCUT2D eigenvalue weighted by molar-refractivity contribution is -0.132. The fourth-order valence-corrected chi connectivity index (χ4v) is 4.13. The van der Waals surface area contributed by atoms with Crippen molar-refractivity contribution in [2.75, 3.05) is 19.7 Å². The number of furan rings is 1. The van der Waals surface area contributed by atoms with Gasteiger partial charge in [0.2, 0.25) is 11.6 Å². The molecule has 0 saturated heterocycles. The van der Waals surface area contributed by atoms with E-state index in [4.69, 9.17) is 21.8 Å². The molecule has 3 N–H and O–H groups in total. The van der Waals surface area contributed by atoms with Gasteiger partial charge in [-0.2, -0.15) is 0 Å². The van der Waals surface area contributed by atoms with Gasteiger partial charge in [-0.05, 0) is 23.8 Å². The van der Waals surface area contributed by atoms with Crippen LogP contribution in [0.25, 0.3) is 11.1 Å². The predicted molar refractivity (Wildman–Crippen MR) is 117 cm³/mol. The lowest BCUT2D eigenvalue weighted by atomic mass is 9.98. The molecule has 1 aromatic carbocycles. The van der Waals surface area contributed by atoms with Crippen molar-refractivity contribution >= 4 is 46.8 Å². The summed E-state index contributed by atoms with van der Waals surface area (Å²) in [4.78, 5) is 19.7. The van der Waals surface area contributed by atoms with Crippen LogP contribution in [0.1, 0.15) is 11.5 Å². The third-order valence-electron chi connectivity index (χ3n) is 4.86. The van der Waals surface area contributed by atoms with E-state index in [0.29, 0.717) is 28.5 Å². The van der Waals surface area contributed by atoms with E-state index < -0.39 is 5.92 Å². The van der Waals surface area contributed by atoms with Gasteiger partial charge in [-0.25, -0.2) is 9.38 Å². The summed E-state index contributed by atoms with van der Waals surface area (Å²) in [5, 5.41) is 11.2. The summed E-state index contributed by atoms with van der Waals surface area (Å²) in [6.07, 6.45) is 4.94. The Labute approximate surface area is 182 Å². The number of carbonyl (C=O) groups is 1. The number of benzene rings is 1. The smallest absolute Gasteiger partial charge is 0.233 e. The van der Waals surface area contributed by atoms with Gasteiger partial charge in [0.1, 0.15) is 0 Å². The highest BCUT2D eigenvalue weighted by Gasteiger charge is 2.31. The summed E-state index contributed by atoms with van der Waals surface area (Å²) in [5.41, 5.74) is 8.66. The molecule has 0 fully saturated rings. The minimum Gasteiger partial charge on any atom is -0.446 e. The van der Waals surface area contributed by atoms with Crippen LogP contribution in [0.4, 0.5) is 0 Å². The van der Waals surface area contributed by atoms with Crippen LogP contribution in [0, 0.1) is 0 Å². The first-order valence-electron chi connectivity index (χ1n) is 9.22. The van der Waals surface area contributed by atoms with Crippen molar-refractivity contribution in [1.82, 2.24) is 9.88 Å². The maximum atomic E-state index is 13.0. The van der Waals surface area contributed by atoms with E-state index in [1.807, 2.05) is 12.1 Å². The highest BCUT2D eigenvalue weighted by molar-refractivity contribution is 7.98. The standard InChI is InChI=1S/C21H19ClN4O3S/c22-18-4-2-1-3-16(18)17(12-27)21(28)26-10-14(19(23)11-26)8-25-30-15-7-13-5-6-29-20(13)24-9-15/h1-9,17,27H,10-12,23H2/b25-8+. The van der Waals surface area contributed by atoms with Crippen LogP contribution in [0.3, 0.4) is 0 Å². The number of rotatable bonds is 6. The van der Waals surface area contributed by atoms with Gasteiger partial charge < -0.3 is 20.2 Å². The van der Waals surface area contributed by atoms with Crippen molar-refractivity contribution in [3.63, 3.8) is 0 Å². The Hall–Kier alpha value is -2.81. The van der Waals surface area contributed by atoms with Crippen molar-refractivity contribution in [1.29, 1.82) is 0 Å². The largest absolute Gasteiger partial charge is 0.446 e. The van der Waals surface area contributed by atoms with Crippen LogP contribution >= 0.6 is 23.5 Å². The summed E-state index contributed by atoms with van der Waals surface area (Å²) in [5.74, 6) is -0.955. The molecule has 0 spiro atoms. The molecule has 2 aromatic heterocycles. The molecule has 154 valence electrons. The number of nitrogens with two attached hydrogens (primary N) is 1. The number of aromatic nitrogens is 1. The number of amides is 1. The Bertz CT molecular complexity index is 1140. The van der Waals surface area contributed by atoms with Gasteiger partial charge in [-0.15, -0.1) is 0 Å².